The van der Waals surface area contributed by atoms with Gasteiger partial charge in [-0.3, -0.25) is 0 Å². The van der Waals surface area contributed by atoms with E-state index in [1.165, 1.54) is 0 Å². The third-order valence-electron chi connectivity index (χ3n) is 4.14. The molecule has 21 heavy (non-hydrogen) atoms. The zero-order chi connectivity index (χ0) is 15.5. The number of benzene rings is 1. The van der Waals surface area contributed by atoms with Gasteiger partial charge in [0.2, 0.25) is 0 Å². The highest BCUT2D eigenvalue weighted by atomic mass is 16.7. The normalized spacial score (nSPS) is 19.3. The van der Waals surface area contributed by atoms with Crippen molar-refractivity contribution in [3.8, 4) is 18.1 Å². The summed E-state index contributed by atoms with van der Waals surface area (Å²) in [7, 11) is -0.328. The maximum Gasteiger partial charge on any atom is 0.494 e. The fourth-order valence-corrected chi connectivity index (χ4v) is 2.06. The van der Waals surface area contributed by atoms with Crippen LogP contribution in [0.5, 0.6) is 5.75 Å². The minimum atomic E-state index is -0.328. The van der Waals surface area contributed by atoms with Gasteiger partial charge in [-0.15, -0.1) is 12.3 Å². The molecule has 0 bridgehead atoms. The Morgan fingerprint density at radius 1 is 1.10 bits per heavy atom. The van der Waals surface area contributed by atoms with Gasteiger partial charge in [0.05, 0.1) is 17.8 Å². The minimum Gasteiger partial charge on any atom is -0.494 e. The van der Waals surface area contributed by atoms with Crippen LogP contribution < -0.4 is 10.2 Å². The van der Waals surface area contributed by atoms with E-state index in [0.717, 1.165) is 24.1 Å². The molecular weight excluding hydrogens is 263 g/mol. The molecule has 1 aromatic rings. The van der Waals surface area contributed by atoms with Gasteiger partial charge in [-0.05, 0) is 51.7 Å². The van der Waals surface area contributed by atoms with Gasteiger partial charge < -0.3 is 14.0 Å². The zero-order valence-electron chi connectivity index (χ0n) is 13.3. The highest BCUT2D eigenvalue weighted by Gasteiger charge is 2.51. The van der Waals surface area contributed by atoms with Crippen molar-refractivity contribution in [2.24, 2.45) is 0 Å². The van der Waals surface area contributed by atoms with Crippen molar-refractivity contribution in [1.29, 1.82) is 0 Å². The lowest BCUT2D eigenvalue weighted by molar-refractivity contribution is 0.00578. The zero-order valence-corrected chi connectivity index (χ0v) is 13.3. The lowest BCUT2D eigenvalue weighted by Gasteiger charge is -2.32. The Hall–Kier alpha value is -1.44. The first-order valence-electron chi connectivity index (χ1n) is 7.37. The molecule has 2 rings (SSSR count). The molecule has 0 aromatic heterocycles. The number of hydrogen-bond donors (Lipinski definition) is 0. The number of rotatable bonds is 5. The predicted octanol–water partition coefficient (Wildman–Crippen LogP) is 2.78. The van der Waals surface area contributed by atoms with Crippen LogP contribution >= 0.6 is 0 Å². The molecule has 112 valence electrons. The lowest BCUT2D eigenvalue weighted by Crippen LogP contribution is -2.41. The van der Waals surface area contributed by atoms with E-state index in [0.29, 0.717) is 6.61 Å². The van der Waals surface area contributed by atoms with Gasteiger partial charge in [-0.25, -0.2) is 0 Å². The Bertz CT molecular complexity index is 498. The maximum atomic E-state index is 6.02. The molecule has 0 spiro atoms. The molecule has 0 atom stereocenters. The average molecular weight is 286 g/mol. The van der Waals surface area contributed by atoms with E-state index in [1.54, 1.807) is 0 Å². The number of terminal acetylenes is 1. The van der Waals surface area contributed by atoms with Crippen LogP contribution in [0.1, 0.15) is 40.5 Å². The Morgan fingerprint density at radius 3 is 2.19 bits per heavy atom. The average Bonchev–Trinajstić information content (AvgIpc) is 2.64. The molecule has 1 aromatic carbocycles. The molecule has 0 N–H and O–H groups in total. The summed E-state index contributed by atoms with van der Waals surface area (Å²) < 4.78 is 17.7. The summed E-state index contributed by atoms with van der Waals surface area (Å²) in [5.41, 5.74) is 0.369. The van der Waals surface area contributed by atoms with Crippen molar-refractivity contribution in [2.45, 2.75) is 51.7 Å². The standard InChI is InChI=1S/C17H23BO3/c1-6-7-8-13-19-15-11-9-14(10-12-15)18-20-16(2,3)17(4,5)21-18/h1,9-12H,7-8,13H2,2-5H3. The molecule has 1 fully saturated rings. The van der Waals surface area contributed by atoms with Crippen molar-refractivity contribution >= 4 is 12.6 Å². The minimum absolute atomic E-state index is 0.317. The number of unbranched alkanes of at least 4 members (excludes halogenated alkanes) is 1. The summed E-state index contributed by atoms with van der Waals surface area (Å²) >= 11 is 0. The second kappa shape index (κ2) is 6.13. The third-order valence-corrected chi connectivity index (χ3v) is 4.14. The van der Waals surface area contributed by atoms with Gasteiger partial charge in [0.15, 0.2) is 0 Å². The molecule has 1 aliphatic rings. The quantitative estimate of drug-likeness (QED) is 0.473. The first-order valence-corrected chi connectivity index (χ1v) is 7.37. The molecule has 0 aliphatic carbocycles. The van der Waals surface area contributed by atoms with Crippen LogP contribution in [0.3, 0.4) is 0 Å². The maximum absolute atomic E-state index is 6.02. The molecule has 0 saturated carbocycles. The van der Waals surface area contributed by atoms with Crippen LogP contribution in [-0.2, 0) is 9.31 Å². The van der Waals surface area contributed by atoms with Gasteiger partial charge in [-0.1, -0.05) is 12.1 Å². The van der Waals surface area contributed by atoms with E-state index >= 15 is 0 Å². The first kappa shape index (κ1) is 15.9. The summed E-state index contributed by atoms with van der Waals surface area (Å²) in [6, 6.07) is 7.85. The molecule has 0 amide bonds. The van der Waals surface area contributed by atoms with E-state index in [9.17, 15) is 0 Å². The lowest BCUT2D eigenvalue weighted by atomic mass is 9.79. The van der Waals surface area contributed by atoms with E-state index in [1.807, 2.05) is 24.3 Å². The Kier molecular flexibility index (Phi) is 4.66. The van der Waals surface area contributed by atoms with Crippen molar-refractivity contribution in [1.82, 2.24) is 0 Å². The highest BCUT2D eigenvalue weighted by molar-refractivity contribution is 6.62. The van der Waals surface area contributed by atoms with Gasteiger partial charge >= 0.3 is 7.12 Å². The summed E-state index contributed by atoms with van der Waals surface area (Å²) in [4.78, 5) is 0. The Balaban J connectivity index is 1.96. The van der Waals surface area contributed by atoms with Crippen molar-refractivity contribution in [3.63, 3.8) is 0 Å². The largest absolute Gasteiger partial charge is 0.494 e. The van der Waals surface area contributed by atoms with Gasteiger partial charge in [0.25, 0.3) is 0 Å². The fourth-order valence-electron chi connectivity index (χ4n) is 2.06. The van der Waals surface area contributed by atoms with Gasteiger partial charge in [0.1, 0.15) is 5.75 Å². The number of hydrogen-bond acceptors (Lipinski definition) is 3. The molecule has 1 heterocycles. The smallest absolute Gasteiger partial charge is 0.494 e. The summed E-state index contributed by atoms with van der Waals surface area (Å²) in [6.45, 7) is 8.85. The monoisotopic (exact) mass is 286 g/mol. The number of ether oxygens (including phenoxy) is 1. The van der Waals surface area contributed by atoms with Crippen LogP contribution in [0.4, 0.5) is 0 Å². The van der Waals surface area contributed by atoms with E-state index in [-0.39, 0.29) is 18.3 Å². The SMILES string of the molecule is C#CCCCOc1ccc(B2OC(C)(C)C(C)(C)O2)cc1. The molecule has 0 radical (unpaired) electrons. The second-order valence-electron chi connectivity index (χ2n) is 6.31. The molecule has 1 saturated heterocycles. The van der Waals surface area contributed by atoms with Crippen LogP contribution in [0.2, 0.25) is 0 Å². The topological polar surface area (TPSA) is 27.7 Å². The van der Waals surface area contributed by atoms with Crippen molar-refractivity contribution in [2.75, 3.05) is 6.61 Å². The predicted molar refractivity (Wildman–Crippen MR) is 85.7 cm³/mol. The Labute approximate surface area is 128 Å². The van der Waals surface area contributed by atoms with Crippen molar-refractivity contribution < 1.29 is 14.0 Å². The molecule has 1 aliphatic heterocycles. The highest BCUT2D eigenvalue weighted by Crippen LogP contribution is 2.36. The molecular formula is C17H23BO3. The van der Waals surface area contributed by atoms with E-state index < -0.39 is 0 Å². The van der Waals surface area contributed by atoms with Crippen LogP contribution in [0, 0.1) is 12.3 Å². The summed E-state index contributed by atoms with van der Waals surface area (Å²) in [5.74, 6) is 3.44. The van der Waals surface area contributed by atoms with Gasteiger partial charge in [-0.2, -0.15) is 0 Å². The second-order valence-corrected chi connectivity index (χ2v) is 6.31. The first-order chi connectivity index (χ1) is 9.86. The summed E-state index contributed by atoms with van der Waals surface area (Å²) in [5, 5.41) is 0. The van der Waals surface area contributed by atoms with E-state index in [4.69, 9.17) is 20.5 Å². The molecule has 0 unspecified atom stereocenters. The van der Waals surface area contributed by atoms with Gasteiger partial charge in [0, 0.05) is 6.42 Å². The van der Waals surface area contributed by atoms with Crippen LogP contribution in [0.25, 0.3) is 0 Å². The van der Waals surface area contributed by atoms with Crippen LogP contribution in [0.15, 0.2) is 24.3 Å². The molecule has 3 nitrogen and oxygen atoms in total. The summed E-state index contributed by atoms with van der Waals surface area (Å²) in [6.07, 6.45) is 6.82. The van der Waals surface area contributed by atoms with E-state index in [2.05, 4.69) is 33.6 Å². The molecule has 4 heteroatoms. The Morgan fingerprint density at radius 2 is 1.67 bits per heavy atom. The van der Waals surface area contributed by atoms with Crippen LogP contribution in [-0.4, -0.2) is 24.9 Å². The third kappa shape index (κ3) is 3.61. The van der Waals surface area contributed by atoms with Crippen molar-refractivity contribution in [3.05, 3.63) is 24.3 Å². The fraction of sp³-hybridized carbons (Fsp3) is 0.529.